The molecule has 26 heavy (non-hydrogen) atoms. The van der Waals surface area contributed by atoms with Crippen LogP contribution in [0.25, 0.3) is 0 Å². The first-order chi connectivity index (χ1) is 12.8. The van der Waals surface area contributed by atoms with Gasteiger partial charge in [-0.2, -0.15) is 0 Å². The van der Waals surface area contributed by atoms with Gasteiger partial charge in [-0.3, -0.25) is 4.79 Å². The lowest BCUT2D eigenvalue weighted by atomic mass is 9.83. The van der Waals surface area contributed by atoms with Gasteiger partial charge < -0.3 is 5.32 Å². The van der Waals surface area contributed by atoms with Gasteiger partial charge in [0.05, 0.1) is 12.0 Å². The van der Waals surface area contributed by atoms with Crippen LogP contribution in [-0.2, 0) is 4.79 Å². The van der Waals surface area contributed by atoms with E-state index >= 15 is 0 Å². The van der Waals surface area contributed by atoms with Crippen LogP contribution < -0.4 is 5.32 Å². The van der Waals surface area contributed by atoms with E-state index in [1.165, 1.54) is 24.0 Å². The topological polar surface area (TPSA) is 29.1 Å². The zero-order valence-electron chi connectivity index (χ0n) is 15.9. The van der Waals surface area contributed by atoms with Gasteiger partial charge in [-0.25, -0.2) is 0 Å². The minimum absolute atomic E-state index is 0.0217. The van der Waals surface area contributed by atoms with E-state index in [0.29, 0.717) is 5.92 Å². The second-order valence-electron chi connectivity index (χ2n) is 7.55. The van der Waals surface area contributed by atoms with Gasteiger partial charge in [0.1, 0.15) is 0 Å². The maximum Gasteiger partial charge on any atom is 0.228 e. The molecule has 0 aromatic heterocycles. The van der Waals surface area contributed by atoms with E-state index in [9.17, 15) is 4.79 Å². The van der Waals surface area contributed by atoms with Gasteiger partial charge in [0.2, 0.25) is 5.91 Å². The molecular formula is C24H31NO. The smallest absolute Gasteiger partial charge is 0.228 e. The van der Waals surface area contributed by atoms with E-state index in [1.54, 1.807) is 0 Å². The number of unbranched alkanes of at least 4 members (excludes halogenated alkanes) is 1. The van der Waals surface area contributed by atoms with Gasteiger partial charge in [0, 0.05) is 0 Å². The Kier molecular flexibility index (Phi) is 6.88. The number of carbonyl (C=O) groups excluding carboxylic acids is 1. The quantitative estimate of drug-likeness (QED) is 0.621. The summed E-state index contributed by atoms with van der Waals surface area (Å²) >= 11 is 0. The summed E-state index contributed by atoms with van der Waals surface area (Å²) in [5, 5.41) is 3.40. The van der Waals surface area contributed by atoms with Crippen LogP contribution in [0.3, 0.4) is 0 Å². The van der Waals surface area contributed by atoms with Crippen molar-refractivity contribution in [3.63, 3.8) is 0 Å². The van der Waals surface area contributed by atoms with Crippen molar-refractivity contribution < 1.29 is 4.79 Å². The molecule has 0 spiro atoms. The SMILES string of the molecule is CCCC[C@@H](NC(=O)[C@@H](c1ccccc1)C1CCCC1)c1ccccc1. The van der Waals surface area contributed by atoms with Crippen LogP contribution >= 0.6 is 0 Å². The fourth-order valence-electron chi connectivity index (χ4n) is 4.27. The van der Waals surface area contributed by atoms with Crippen molar-refractivity contribution >= 4 is 5.91 Å². The van der Waals surface area contributed by atoms with Crippen molar-refractivity contribution in [3.05, 3.63) is 71.8 Å². The van der Waals surface area contributed by atoms with Crippen LogP contribution in [0.4, 0.5) is 0 Å². The third-order valence-corrected chi connectivity index (χ3v) is 5.68. The number of amides is 1. The number of nitrogens with one attached hydrogen (secondary N) is 1. The highest BCUT2D eigenvalue weighted by atomic mass is 16.2. The predicted molar refractivity (Wildman–Crippen MR) is 108 cm³/mol. The molecule has 0 radical (unpaired) electrons. The first-order valence-electron chi connectivity index (χ1n) is 10.2. The molecule has 2 aromatic carbocycles. The Morgan fingerprint density at radius 2 is 1.54 bits per heavy atom. The third kappa shape index (κ3) is 4.75. The zero-order chi connectivity index (χ0) is 18.2. The van der Waals surface area contributed by atoms with Crippen LogP contribution in [0.2, 0.25) is 0 Å². The summed E-state index contributed by atoms with van der Waals surface area (Å²) in [6, 6.07) is 20.9. The van der Waals surface area contributed by atoms with E-state index in [2.05, 4.69) is 60.8 Å². The van der Waals surface area contributed by atoms with Crippen LogP contribution in [0.5, 0.6) is 0 Å². The van der Waals surface area contributed by atoms with Crippen LogP contribution in [0, 0.1) is 5.92 Å². The van der Waals surface area contributed by atoms with Gasteiger partial charge in [-0.1, -0.05) is 93.3 Å². The zero-order valence-corrected chi connectivity index (χ0v) is 15.9. The van der Waals surface area contributed by atoms with Crippen molar-refractivity contribution in [3.8, 4) is 0 Å². The highest BCUT2D eigenvalue weighted by Gasteiger charge is 2.32. The van der Waals surface area contributed by atoms with Crippen LogP contribution in [0.15, 0.2) is 60.7 Å². The van der Waals surface area contributed by atoms with Crippen molar-refractivity contribution in [2.24, 2.45) is 5.92 Å². The molecule has 1 amide bonds. The third-order valence-electron chi connectivity index (χ3n) is 5.68. The maximum absolute atomic E-state index is 13.4. The Balaban J connectivity index is 1.80. The van der Waals surface area contributed by atoms with Crippen molar-refractivity contribution in [2.45, 2.75) is 63.8 Å². The minimum Gasteiger partial charge on any atom is -0.349 e. The maximum atomic E-state index is 13.4. The molecular weight excluding hydrogens is 318 g/mol. The molecule has 2 atom stereocenters. The number of hydrogen-bond acceptors (Lipinski definition) is 1. The standard InChI is InChI=1S/C24H31NO/c1-2-3-18-22(19-12-6-4-7-13-19)25-24(26)23(21-16-10-11-17-21)20-14-8-5-9-15-20/h4-9,12-15,21-23H,2-3,10-11,16-18H2,1H3,(H,25,26)/t22-,23+/m1/s1. The lowest BCUT2D eigenvalue weighted by Gasteiger charge is -2.27. The van der Waals surface area contributed by atoms with E-state index < -0.39 is 0 Å². The summed E-state index contributed by atoms with van der Waals surface area (Å²) in [6.07, 6.45) is 8.09. The molecule has 1 aliphatic rings. The van der Waals surface area contributed by atoms with Crippen molar-refractivity contribution in [2.75, 3.05) is 0 Å². The van der Waals surface area contributed by atoms with Gasteiger partial charge in [-0.15, -0.1) is 0 Å². The molecule has 138 valence electrons. The second-order valence-corrected chi connectivity index (χ2v) is 7.55. The van der Waals surface area contributed by atoms with Crippen molar-refractivity contribution in [1.29, 1.82) is 0 Å². The highest BCUT2D eigenvalue weighted by Crippen LogP contribution is 2.38. The number of rotatable bonds is 8. The fourth-order valence-corrected chi connectivity index (χ4v) is 4.27. The highest BCUT2D eigenvalue weighted by molar-refractivity contribution is 5.84. The molecule has 1 N–H and O–H groups in total. The summed E-state index contributed by atoms with van der Waals surface area (Å²) in [4.78, 5) is 13.4. The molecule has 0 aliphatic heterocycles. The van der Waals surface area contributed by atoms with Gasteiger partial charge in [0.25, 0.3) is 0 Å². The van der Waals surface area contributed by atoms with E-state index in [0.717, 1.165) is 32.1 Å². The lowest BCUT2D eigenvalue weighted by Crippen LogP contribution is -2.35. The molecule has 2 aromatic rings. The summed E-state index contributed by atoms with van der Waals surface area (Å²) in [6.45, 7) is 2.20. The lowest BCUT2D eigenvalue weighted by molar-refractivity contribution is -0.124. The summed E-state index contributed by atoms with van der Waals surface area (Å²) < 4.78 is 0. The van der Waals surface area contributed by atoms with Gasteiger partial charge in [0.15, 0.2) is 0 Å². The molecule has 2 nitrogen and oxygen atoms in total. The Morgan fingerprint density at radius 1 is 0.962 bits per heavy atom. The molecule has 2 heteroatoms. The Hall–Kier alpha value is -2.09. The van der Waals surface area contributed by atoms with Crippen LogP contribution in [0.1, 0.15) is 75.0 Å². The molecule has 1 fully saturated rings. The molecule has 0 unspecified atom stereocenters. The van der Waals surface area contributed by atoms with Crippen LogP contribution in [-0.4, -0.2) is 5.91 Å². The largest absolute Gasteiger partial charge is 0.349 e. The number of benzene rings is 2. The van der Waals surface area contributed by atoms with Gasteiger partial charge in [-0.05, 0) is 36.3 Å². The predicted octanol–water partition coefficient (Wildman–Crippen LogP) is 6.01. The molecule has 0 saturated heterocycles. The summed E-state index contributed by atoms with van der Waals surface area (Å²) in [5.74, 6) is 0.652. The van der Waals surface area contributed by atoms with E-state index in [-0.39, 0.29) is 17.9 Å². The van der Waals surface area contributed by atoms with Gasteiger partial charge >= 0.3 is 0 Å². The monoisotopic (exact) mass is 349 g/mol. The second kappa shape index (κ2) is 9.56. The molecule has 0 heterocycles. The molecule has 1 saturated carbocycles. The first kappa shape index (κ1) is 18.7. The van der Waals surface area contributed by atoms with Crippen molar-refractivity contribution in [1.82, 2.24) is 5.32 Å². The number of hydrogen-bond donors (Lipinski definition) is 1. The first-order valence-corrected chi connectivity index (χ1v) is 10.2. The molecule has 0 bridgehead atoms. The molecule has 1 aliphatic carbocycles. The summed E-state index contributed by atoms with van der Waals surface area (Å²) in [7, 11) is 0. The normalized spacial score (nSPS) is 17.0. The summed E-state index contributed by atoms with van der Waals surface area (Å²) in [5.41, 5.74) is 2.38. The Bertz CT molecular complexity index is 661. The number of carbonyl (C=O) groups is 1. The Morgan fingerprint density at radius 3 is 2.12 bits per heavy atom. The van der Waals surface area contributed by atoms with E-state index in [1.807, 2.05) is 12.1 Å². The average molecular weight is 350 g/mol. The average Bonchev–Trinajstić information content (AvgIpc) is 3.21. The molecule has 3 rings (SSSR count). The van der Waals surface area contributed by atoms with E-state index in [4.69, 9.17) is 0 Å². The minimum atomic E-state index is -0.0217. The Labute approximate surface area is 158 Å². The fraction of sp³-hybridized carbons (Fsp3) is 0.458.